The first-order chi connectivity index (χ1) is 20.2. The number of rotatable bonds is 4. The molecule has 0 unspecified atom stereocenters. The number of hydrogen-bond acceptors (Lipinski definition) is 6. The highest BCUT2D eigenvalue weighted by molar-refractivity contribution is 9.10. The average molecular weight is 621 g/mol. The summed E-state index contributed by atoms with van der Waals surface area (Å²) >= 11 is 3.77. The molecule has 10 nitrogen and oxygen atoms in total. The van der Waals surface area contributed by atoms with Crippen molar-refractivity contribution in [1.29, 1.82) is 0 Å². The Morgan fingerprint density at radius 2 is 1.88 bits per heavy atom. The van der Waals surface area contributed by atoms with E-state index in [4.69, 9.17) is 5.73 Å². The summed E-state index contributed by atoms with van der Waals surface area (Å²) in [5, 5.41) is 12.5. The fourth-order valence-electron chi connectivity index (χ4n) is 4.96. The van der Waals surface area contributed by atoms with Crippen LogP contribution in [0.4, 0.5) is 5.82 Å². The Hall–Kier alpha value is -5.21. The zero-order valence-corrected chi connectivity index (χ0v) is 24.5. The first-order valence-corrected chi connectivity index (χ1v) is 13.9. The summed E-state index contributed by atoms with van der Waals surface area (Å²) in [5.41, 5.74) is 9.64. The van der Waals surface area contributed by atoms with E-state index in [9.17, 15) is 9.59 Å². The minimum Gasteiger partial charge on any atom is -0.381 e. The van der Waals surface area contributed by atoms with Crippen molar-refractivity contribution in [2.45, 2.75) is 19.9 Å². The first kappa shape index (κ1) is 27.0. The van der Waals surface area contributed by atoms with E-state index in [0.29, 0.717) is 37.8 Å². The number of anilines is 1. The monoisotopic (exact) mass is 620 g/mol. The van der Waals surface area contributed by atoms with E-state index in [-0.39, 0.29) is 16.9 Å². The number of amides is 1. The van der Waals surface area contributed by atoms with E-state index in [1.807, 2.05) is 75.6 Å². The van der Waals surface area contributed by atoms with Crippen LogP contribution in [0.15, 0.2) is 82.5 Å². The van der Waals surface area contributed by atoms with Crippen LogP contribution in [0.25, 0.3) is 22.1 Å². The molecule has 6 rings (SSSR count). The summed E-state index contributed by atoms with van der Waals surface area (Å²) in [6.45, 7) is 3.64. The molecule has 42 heavy (non-hydrogen) atoms. The van der Waals surface area contributed by atoms with E-state index in [2.05, 4.69) is 48.3 Å². The van der Waals surface area contributed by atoms with Crippen molar-refractivity contribution in [3.05, 3.63) is 116 Å². The number of carbonyl (C=O) groups excluding carboxylic acids is 1. The summed E-state index contributed by atoms with van der Waals surface area (Å²) < 4.78 is 5.41. The smallest absolute Gasteiger partial charge is 0.264 e. The van der Waals surface area contributed by atoms with Crippen LogP contribution < -0.4 is 16.6 Å². The van der Waals surface area contributed by atoms with Gasteiger partial charge in [-0.15, -0.1) is 5.10 Å². The topological polar surface area (TPSA) is 125 Å². The highest BCUT2D eigenvalue weighted by Gasteiger charge is 2.26. The van der Waals surface area contributed by atoms with Gasteiger partial charge in [0.15, 0.2) is 11.5 Å². The Balaban J connectivity index is 1.51. The van der Waals surface area contributed by atoms with Gasteiger partial charge in [0.25, 0.3) is 11.5 Å². The molecule has 0 radical (unpaired) electrons. The lowest BCUT2D eigenvalue weighted by molar-refractivity contribution is 0.0941. The number of para-hydroxylation sites is 1. The Bertz CT molecular complexity index is 2130. The Labute approximate surface area is 248 Å². The number of fused-ring (bicyclic) bond motifs is 2. The number of carbonyl (C=O) groups is 1. The molecule has 0 saturated heterocycles. The van der Waals surface area contributed by atoms with Gasteiger partial charge < -0.3 is 11.1 Å². The fraction of sp³-hybridized carbons (Fsp3) is 0.129. The van der Waals surface area contributed by atoms with Crippen molar-refractivity contribution in [3.63, 3.8) is 0 Å². The number of hydrogen-bond donors (Lipinski definition) is 2. The van der Waals surface area contributed by atoms with Crippen LogP contribution in [0, 0.1) is 18.8 Å². The Morgan fingerprint density at radius 1 is 1.10 bits per heavy atom. The quantitative estimate of drug-likeness (QED) is 0.283. The van der Waals surface area contributed by atoms with Crippen molar-refractivity contribution in [2.24, 2.45) is 7.05 Å². The highest BCUT2D eigenvalue weighted by atomic mass is 79.9. The van der Waals surface area contributed by atoms with Gasteiger partial charge in [0, 0.05) is 46.2 Å². The second kappa shape index (κ2) is 10.6. The van der Waals surface area contributed by atoms with Gasteiger partial charge in [-0.1, -0.05) is 42.2 Å². The van der Waals surface area contributed by atoms with E-state index < -0.39 is 11.9 Å². The van der Waals surface area contributed by atoms with E-state index in [1.54, 1.807) is 27.7 Å². The zero-order chi connectivity index (χ0) is 29.5. The number of nitrogens with one attached hydrogen (secondary N) is 1. The van der Waals surface area contributed by atoms with Crippen molar-refractivity contribution in [1.82, 2.24) is 34.3 Å². The van der Waals surface area contributed by atoms with Gasteiger partial charge in [-0.05, 0) is 54.0 Å². The Kier molecular flexibility index (Phi) is 6.84. The molecule has 208 valence electrons. The largest absolute Gasteiger partial charge is 0.381 e. The molecule has 0 aliphatic heterocycles. The fourth-order valence-corrected chi connectivity index (χ4v) is 5.81. The van der Waals surface area contributed by atoms with Crippen LogP contribution in [0.3, 0.4) is 0 Å². The molecule has 1 atom stereocenters. The van der Waals surface area contributed by atoms with Crippen molar-refractivity contribution in [2.75, 3.05) is 5.73 Å². The summed E-state index contributed by atoms with van der Waals surface area (Å²) in [6, 6.07) is 16.0. The molecule has 1 amide bonds. The maximum absolute atomic E-state index is 14.3. The molecular weight excluding hydrogens is 596 g/mol. The third-order valence-electron chi connectivity index (χ3n) is 6.88. The van der Waals surface area contributed by atoms with Crippen LogP contribution >= 0.6 is 15.9 Å². The molecule has 0 fully saturated rings. The number of aryl methyl sites for hydroxylation is 2. The molecule has 3 N–H and O–H groups in total. The van der Waals surface area contributed by atoms with Crippen LogP contribution in [0.5, 0.6) is 0 Å². The third kappa shape index (κ3) is 4.71. The van der Waals surface area contributed by atoms with Gasteiger partial charge in [0.05, 0.1) is 28.9 Å². The molecule has 0 aliphatic rings. The molecular formula is C31H25BrN8O2. The predicted octanol–water partition coefficient (Wildman–Crippen LogP) is 4.31. The lowest BCUT2D eigenvalue weighted by atomic mass is 10.0. The van der Waals surface area contributed by atoms with E-state index in [0.717, 1.165) is 11.3 Å². The van der Waals surface area contributed by atoms with Crippen LogP contribution in [0.2, 0.25) is 0 Å². The lowest BCUT2D eigenvalue weighted by Gasteiger charge is -2.23. The molecule has 6 aromatic rings. The molecule has 2 aromatic carbocycles. The van der Waals surface area contributed by atoms with Crippen molar-refractivity contribution >= 4 is 44.1 Å². The number of nitrogens with zero attached hydrogens (tertiary/aromatic N) is 6. The molecule has 0 bridgehead atoms. The molecule has 0 spiro atoms. The number of benzene rings is 2. The number of aromatic nitrogens is 6. The maximum Gasteiger partial charge on any atom is 0.264 e. The highest BCUT2D eigenvalue weighted by Crippen LogP contribution is 2.33. The van der Waals surface area contributed by atoms with Crippen LogP contribution in [-0.2, 0) is 7.05 Å². The van der Waals surface area contributed by atoms with Gasteiger partial charge in [0.2, 0.25) is 0 Å². The zero-order valence-electron chi connectivity index (χ0n) is 23.0. The molecule has 4 heterocycles. The standard InChI is InChI=1S/C31H25BrN8O2/c1-18-14-15-39-29(35-18)25(28(33)37-39)30(41)36-19(2)27-26(32)23-11-7-8-21(13-12-20-16-34-38(3)17-20)24(23)31(42)40(27)22-9-5-4-6-10-22/h4-11,14-17,19H,1-3H3,(H2,33,37)(H,36,41)/t19-/m1/s1. The van der Waals surface area contributed by atoms with Gasteiger partial charge in [-0.25, -0.2) is 9.50 Å². The Morgan fingerprint density at radius 3 is 2.62 bits per heavy atom. The van der Waals surface area contributed by atoms with Gasteiger partial charge in [-0.2, -0.15) is 5.10 Å². The van der Waals surface area contributed by atoms with Crippen molar-refractivity contribution in [3.8, 4) is 17.5 Å². The summed E-state index contributed by atoms with van der Waals surface area (Å²) in [5.74, 6) is 5.86. The molecule has 0 aliphatic carbocycles. The maximum atomic E-state index is 14.3. The van der Waals surface area contributed by atoms with E-state index >= 15 is 0 Å². The minimum atomic E-state index is -0.631. The van der Waals surface area contributed by atoms with Crippen molar-refractivity contribution < 1.29 is 4.79 Å². The number of nitrogen functional groups attached to an aromatic ring is 1. The lowest BCUT2D eigenvalue weighted by Crippen LogP contribution is -2.33. The third-order valence-corrected chi connectivity index (χ3v) is 7.71. The second-order valence-electron chi connectivity index (χ2n) is 9.85. The van der Waals surface area contributed by atoms with Gasteiger partial charge in [-0.3, -0.25) is 18.8 Å². The number of pyridine rings is 1. The van der Waals surface area contributed by atoms with Crippen LogP contribution in [-0.4, -0.2) is 34.9 Å². The SMILES string of the molecule is Cc1ccn2nc(N)c(C(=O)N[C@H](C)c3c(Br)c4cccc(C#Cc5cnn(C)c5)c4c(=O)n3-c3ccccc3)c2n1. The summed E-state index contributed by atoms with van der Waals surface area (Å²) in [7, 11) is 1.82. The van der Waals surface area contributed by atoms with E-state index in [1.165, 1.54) is 4.52 Å². The van der Waals surface area contributed by atoms with Gasteiger partial charge >= 0.3 is 0 Å². The normalized spacial score (nSPS) is 11.8. The number of halogens is 1. The molecule has 11 heteroatoms. The molecule has 4 aromatic heterocycles. The number of nitrogens with two attached hydrogens (primary N) is 1. The van der Waals surface area contributed by atoms with Crippen LogP contribution in [0.1, 0.15) is 45.8 Å². The summed E-state index contributed by atoms with van der Waals surface area (Å²) in [4.78, 5) is 32.4. The first-order valence-electron chi connectivity index (χ1n) is 13.1. The average Bonchev–Trinajstić information content (AvgIpc) is 3.54. The minimum absolute atomic E-state index is 0.0626. The molecule has 0 saturated carbocycles. The predicted molar refractivity (Wildman–Crippen MR) is 164 cm³/mol. The summed E-state index contributed by atoms with van der Waals surface area (Å²) in [6.07, 6.45) is 5.19. The van der Waals surface area contributed by atoms with Gasteiger partial charge in [0.1, 0.15) is 5.56 Å². The second-order valence-corrected chi connectivity index (χ2v) is 10.6.